The highest BCUT2D eigenvalue weighted by atomic mass is 35.5. The monoisotopic (exact) mass is 376 g/mol. The van der Waals surface area contributed by atoms with E-state index in [2.05, 4.69) is 4.90 Å². The van der Waals surface area contributed by atoms with E-state index in [0.29, 0.717) is 11.6 Å². The number of hydrogen-bond donors (Lipinski definition) is 1. The maximum absolute atomic E-state index is 12.7. The summed E-state index contributed by atoms with van der Waals surface area (Å²) in [5, 5.41) is 11.0. The van der Waals surface area contributed by atoms with Gasteiger partial charge in [0.1, 0.15) is 0 Å². The molecule has 0 aromatic heterocycles. The zero-order valence-electron chi connectivity index (χ0n) is 15.2. The highest BCUT2D eigenvalue weighted by molar-refractivity contribution is 6.30. The third-order valence-corrected chi connectivity index (χ3v) is 5.39. The standard InChI is InChI=1S/C20H25ClN2O3/c1-13(2)18(24)16-17(14-5-7-15(21)8-6-14)23(20(26)19(16)25)12-11-22-9-3-4-10-22/h5-8,13,17,25H,3-4,9-12H2,1-2H3. The molecule has 1 aromatic carbocycles. The van der Waals surface area contributed by atoms with Gasteiger partial charge in [0.15, 0.2) is 11.5 Å². The van der Waals surface area contributed by atoms with Crippen LogP contribution >= 0.6 is 11.6 Å². The summed E-state index contributed by atoms with van der Waals surface area (Å²) in [6.45, 7) is 6.84. The van der Waals surface area contributed by atoms with E-state index in [1.807, 2.05) is 12.1 Å². The molecule has 1 aromatic rings. The molecule has 5 nitrogen and oxygen atoms in total. The summed E-state index contributed by atoms with van der Waals surface area (Å²) in [6, 6.07) is 6.56. The first-order valence-electron chi connectivity index (χ1n) is 9.16. The highest BCUT2D eigenvalue weighted by Crippen LogP contribution is 2.39. The van der Waals surface area contributed by atoms with E-state index in [-0.39, 0.29) is 17.3 Å². The van der Waals surface area contributed by atoms with Gasteiger partial charge in [-0.2, -0.15) is 0 Å². The normalized spacial score (nSPS) is 21.3. The highest BCUT2D eigenvalue weighted by Gasteiger charge is 2.43. The van der Waals surface area contributed by atoms with E-state index in [1.165, 1.54) is 12.8 Å². The quantitative estimate of drug-likeness (QED) is 0.827. The molecule has 26 heavy (non-hydrogen) atoms. The van der Waals surface area contributed by atoms with Crippen molar-refractivity contribution in [3.05, 3.63) is 46.2 Å². The molecule has 1 fully saturated rings. The van der Waals surface area contributed by atoms with E-state index in [4.69, 9.17) is 11.6 Å². The molecule has 0 radical (unpaired) electrons. The van der Waals surface area contributed by atoms with Crippen LogP contribution in [-0.2, 0) is 9.59 Å². The van der Waals surface area contributed by atoms with Crippen molar-refractivity contribution < 1.29 is 14.7 Å². The van der Waals surface area contributed by atoms with Crippen LogP contribution in [0, 0.1) is 5.92 Å². The molecule has 2 heterocycles. The molecule has 0 spiro atoms. The molecular formula is C20H25ClN2O3. The van der Waals surface area contributed by atoms with Crippen LogP contribution in [0.1, 0.15) is 38.3 Å². The number of aliphatic hydroxyl groups is 1. The van der Waals surface area contributed by atoms with Crippen LogP contribution < -0.4 is 0 Å². The number of nitrogens with zero attached hydrogens (tertiary/aromatic N) is 2. The Bertz CT molecular complexity index is 721. The lowest BCUT2D eigenvalue weighted by Crippen LogP contribution is -2.38. The number of Topliss-reactive ketones (excluding diaryl/α,β-unsaturated/α-hetero) is 1. The Hall–Kier alpha value is -1.85. The molecule has 140 valence electrons. The van der Waals surface area contributed by atoms with Crippen molar-refractivity contribution in [1.82, 2.24) is 9.80 Å². The third kappa shape index (κ3) is 3.64. The van der Waals surface area contributed by atoms with Crippen LogP contribution in [0.5, 0.6) is 0 Å². The van der Waals surface area contributed by atoms with Gasteiger partial charge in [0.25, 0.3) is 5.91 Å². The second-order valence-electron chi connectivity index (χ2n) is 7.28. The summed E-state index contributed by atoms with van der Waals surface area (Å²) in [5.74, 6) is -1.37. The van der Waals surface area contributed by atoms with Gasteiger partial charge in [-0.05, 0) is 43.6 Å². The van der Waals surface area contributed by atoms with Gasteiger partial charge in [0.2, 0.25) is 0 Å². The van der Waals surface area contributed by atoms with Crippen molar-refractivity contribution in [3.63, 3.8) is 0 Å². The zero-order chi connectivity index (χ0) is 18.8. The van der Waals surface area contributed by atoms with Gasteiger partial charge in [-0.15, -0.1) is 0 Å². The van der Waals surface area contributed by atoms with Crippen LogP contribution in [0.2, 0.25) is 5.02 Å². The van der Waals surface area contributed by atoms with Crippen molar-refractivity contribution in [2.75, 3.05) is 26.2 Å². The Morgan fingerprint density at radius 3 is 2.38 bits per heavy atom. The number of benzene rings is 1. The lowest BCUT2D eigenvalue weighted by molar-refractivity contribution is -0.129. The number of rotatable bonds is 6. The summed E-state index contributed by atoms with van der Waals surface area (Å²) < 4.78 is 0. The minimum atomic E-state index is -0.558. The molecule has 6 heteroatoms. The number of likely N-dealkylation sites (tertiary alicyclic amines) is 1. The molecular weight excluding hydrogens is 352 g/mol. The largest absolute Gasteiger partial charge is 0.503 e. The second-order valence-corrected chi connectivity index (χ2v) is 7.72. The van der Waals surface area contributed by atoms with Gasteiger partial charge in [0, 0.05) is 24.0 Å². The molecule has 1 N–H and O–H groups in total. The summed E-state index contributed by atoms with van der Waals surface area (Å²) in [4.78, 5) is 29.4. The number of aliphatic hydroxyl groups excluding tert-OH is 1. The average Bonchev–Trinajstić information content (AvgIpc) is 3.21. The van der Waals surface area contributed by atoms with Crippen LogP contribution in [0.25, 0.3) is 0 Å². The molecule has 2 aliphatic heterocycles. The predicted octanol–water partition coefficient (Wildman–Crippen LogP) is 3.36. The minimum absolute atomic E-state index is 0.195. The van der Waals surface area contributed by atoms with E-state index in [9.17, 15) is 14.7 Å². The van der Waals surface area contributed by atoms with Crippen LogP contribution in [0.3, 0.4) is 0 Å². The topological polar surface area (TPSA) is 60.9 Å². The third-order valence-electron chi connectivity index (χ3n) is 5.14. The molecule has 3 rings (SSSR count). The summed E-state index contributed by atoms with van der Waals surface area (Å²) in [5.41, 5.74) is 0.992. The zero-order valence-corrected chi connectivity index (χ0v) is 16.0. The van der Waals surface area contributed by atoms with Crippen molar-refractivity contribution >= 4 is 23.3 Å². The number of carbonyl (C=O) groups is 2. The maximum atomic E-state index is 12.7. The maximum Gasteiger partial charge on any atom is 0.290 e. The van der Waals surface area contributed by atoms with Gasteiger partial charge in [-0.3, -0.25) is 9.59 Å². The Kier molecular flexibility index (Phi) is 5.68. The van der Waals surface area contributed by atoms with E-state index < -0.39 is 17.7 Å². The first-order valence-corrected chi connectivity index (χ1v) is 9.54. The number of hydrogen-bond acceptors (Lipinski definition) is 4. The fraction of sp³-hybridized carbons (Fsp3) is 0.500. The second kappa shape index (κ2) is 7.80. The van der Waals surface area contributed by atoms with Gasteiger partial charge >= 0.3 is 0 Å². The summed E-state index contributed by atoms with van der Waals surface area (Å²) >= 11 is 5.99. The molecule has 1 unspecified atom stereocenters. The molecule has 1 amide bonds. The Balaban J connectivity index is 1.92. The molecule has 1 atom stereocenters. The van der Waals surface area contributed by atoms with E-state index >= 15 is 0 Å². The lowest BCUT2D eigenvalue weighted by atomic mass is 9.91. The SMILES string of the molecule is CC(C)C(=O)C1=C(O)C(=O)N(CCN2CCCC2)C1c1ccc(Cl)cc1. The van der Waals surface area contributed by atoms with Crippen LogP contribution in [0.4, 0.5) is 0 Å². The first kappa shape index (κ1) is 18.9. The lowest BCUT2D eigenvalue weighted by Gasteiger charge is -2.29. The van der Waals surface area contributed by atoms with Crippen LogP contribution in [-0.4, -0.2) is 52.8 Å². The fourth-order valence-corrected chi connectivity index (χ4v) is 3.82. The summed E-state index contributed by atoms with van der Waals surface area (Å²) in [7, 11) is 0. The van der Waals surface area contributed by atoms with E-state index in [0.717, 1.165) is 25.2 Å². The predicted molar refractivity (Wildman–Crippen MR) is 101 cm³/mol. The smallest absolute Gasteiger partial charge is 0.290 e. The van der Waals surface area contributed by atoms with Crippen molar-refractivity contribution in [2.24, 2.45) is 5.92 Å². The number of halogens is 1. The van der Waals surface area contributed by atoms with E-state index in [1.54, 1.807) is 30.9 Å². The van der Waals surface area contributed by atoms with Crippen molar-refractivity contribution in [2.45, 2.75) is 32.7 Å². The summed E-state index contributed by atoms with van der Waals surface area (Å²) in [6.07, 6.45) is 2.35. The van der Waals surface area contributed by atoms with Crippen molar-refractivity contribution in [1.29, 1.82) is 0 Å². The molecule has 1 saturated heterocycles. The molecule has 0 aliphatic carbocycles. The Morgan fingerprint density at radius 2 is 1.81 bits per heavy atom. The Morgan fingerprint density at radius 1 is 1.19 bits per heavy atom. The van der Waals surface area contributed by atoms with Gasteiger partial charge < -0.3 is 14.9 Å². The van der Waals surface area contributed by atoms with Gasteiger partial charge in [-0.1, -0.05) is 37.6 Å². The average molecular weight is 377 g/mol. The number of amides is 1. The van der Waals surface area contributed by atoms with Crippen molar-refractivity contribution in [3.8, 4) is 0 Å². The first-order chi connectivity index (χ1) is 12.4. The Labute approximate surface area is 159 Å². The fourth-order valence-electron chi connectivity index (χ4n) is 3.69. The molecule has 2 aliphatic rings. The van der Waals surface area contributed by atoms with Crippen LogP contribution in [0.15, 0.2) is 35.6 Å². The van der Waals surface area contributed by atoms with Gasteiger partial charge in [0.05, 0.1) is 11.6 Å². The van der Waals surface area contributed by atoms with Gasteiger partial charge in [-0.25, -0.2) is 0 Å². The molecule has 0 saturated carbocycles. The molecule has 0 bridgehead atoms. The number of ketones is 1. The minimum Gasteiger partial charge on any atom is -0.503 e. The number of carbonyl (C=O) groups excluding carboxylic acids is 2.